The smallest absolute Gasteiger partial charge is 0.0300 e. The average Bonchev–Trinajstić information content (AvgIpc) is 2.83. The SMILES string of the molecule is c1cncc(CCNCCC2CCCC2)c1. The summed E-state index contributed by atoms with van der Waals surface area (Å²) < 4.78 is 0. The molecule has 2 heteroatoms. The van der Waals surface area contributed by atoms with Crippen molar-refractivity contribution in [3.05, 3.63) is 30.1 Å². The van der Waals surface area contributed by atoms with Crippen LogP contribution in [0, 0.1) is 5.92 Å². The zero-order valence-corrected chi connectivity index (χ0v) is 9.99. The second-order valence-corrected chi connectivity index (χ2v) is 4.80. The van der Waals surface area contributed by atoms with Crippen LogP contribution in [0.3, 0.4) is 0 Å². The summed E-state index contributed by atoms with van der Waals surface area (Å²) in [5, 5.41) is 3.53. The minimum atomic E-state index is 1.01. The molecule has 0 spiro atoms. The molecule has 0 saturated heterocycles. The molecule has 0 aliphatic heterocycles. The Kier molecular flexibility index (Phi) is 4.81. The normalized spacial score (nSPS) is 16.8. The summed E-state index contributed by atoms with van der Waals surface area (Å²) in [6.07, 6.45) is 12.1. The number of nitrogens with one attached hydrogen (secondary N) is 1. The fourth-order valence-electron chi connectivity index (χ4n) is 2.51. The fraction of sp³-hybridized carbons (Fsp3) is 0.643. The lowest BCUT2D eigenvalue weighted by molar-refractivity contribution is 0.479. The zero-order valence-electron chi connectivity index (χ0n) is 9.99. The molecule has 0 atom stereocenters. The maximum absolute atomic E-state index is 4.12. The Morgan fingerprint density at radius 2 is 2.12 bits per heavy atom. The van der Waals surface area contributed by atoms with Gasteiger partial charge < -0.3 is 5.32 Å². The van der Waals surface area contributed by atoms with Crippen LogP contribution in [0.4, 0.5) is 0 Å². The molecule has 0 aromatic carbocycles. The molecule has 1 aliphatic carbocycles. The van der Waals surface area contributed by atoms with Crippen LogP contribution in [0.2, 0.25) is 0 Å². The van der Waals surface area contributed by atoms with Crippen molar-refractivity contribution < 1.29 is 0 Å². The number of pyridine rings is 1. The Balaban J connectivity index is 1.52. The highest BCUT2D eigenvalue weighted by Crippen LogP contribution is 2.26. The van der Waals surface area contributed by atoms with E-state index in [9.17, 15) is 0 Å². The van der Waals surface area contributed by atoms with E-state index in [1.54, 1.807) is 0 Å². The highest BCUT2D eigenvalue weighted by molar-refractivity contribution is 5.08. The lowest BCUT2D eigenvalue weighted by Crippen LogP contribution is -2.20. The van der Waals surface area contributed by atoms with Crippen molar-refractivity contribution >= 4 is 0 Å². The fourth-order valence-corrected chi connectivity index (χ4v) is 2.51. The van der Waals surface area contributed by atoms with E-state index in [-0.39, 0.29) is 0 Å². The Bertz CT molecular complexity index is 278. The van der Waals surface area contributed by atoms with Gasteiger partial charge in [-0.15, -0.1) is 0 Å². The molecule has 16 heavy (non-hydrogen) atoms. The summed E-state index contributed by atoms with van der Waals surface area (Å²) in [4.78, 5) is 4.12. The first-order valence-corrected chi connectivity index (χ1v) is 6.55. The second-order valence-electron chi connectivity index (χ2n) is 4.80. The van der Waals surface area contributed by atoms with Crippen molar-refractivity contribution in [2.45, 2.75) is 38.5 Å². The highest BCUT2D eigenvalue weighted by Gasteiger charge is 2.13. The van der Waals surface area contributed by atoms with Crippen molar-refractivity contribution in [2.24, 2.45) is 5.92 Å². The predicted molar refractivity (Wildman–Crippen MR) is 67.4 cm³/mol. The zero-order chi connectivity index (χ0) is 11.1. The van der Waals surface area contributed by atoms with Crippen LogP contribution in [0.25, 0.3) is 0 Å². The van der Waals surface area contributed by atoms with Gasteiger partial charge >= 0.3 is 0 Å². The lowest BCUT2D eigenvalue weighted by atomic mass is 10.0. The number of hydrogen-bond donors (Lipinski definition) is 1. The number of aromatic nitrogens is 1. The third-order valence-electron chi connectivity index (χ3n) is 3.52. The summed E-state index contributed by atoms with van der Waals surface area (Å²) in [6.45, 7) is 2.27. The van der Waals surface area contributed by atoms with Gasteiger partial charge in [0.1, 0.15) is 0 Å². The minimum Gasteiger partial charge on any atom is -0.316 e. The Hall–Kier alpha value is -0.890. The van der Waals surface area contributed by atoms with Crippen LogP contribution < -0.4 is 5.32 Å². The van der Waals surface area contributed by atoms with E-state index in [1.807, 2.05) is 18.5 Å². The Morgan fingerprint density at radius 1 is 1.25 bits per heavy atom. The first-order chi connectivity index (χ1) is 7.95. The molecule has 0 unspecified atom stereocenters. The summed E-state index contributed by atoms with van der Waals surface area (Å²) in [5.41, 5.74) is 1.33. The van der Waals surface area contributed by atoms with Gasteiger partial charge in [0.15, 0.2) is 0 Å². The van der Waals surface area contributed by atoms with Crippen molar-refractivity contribution in [3.8, 4) is 0 Å². The largest absolute Gasteiger partial charge is 0.316 e. The molecule has 1 saturated carbocycles. The Labute approximate surface area is 98.5 Å². The first kappa shape index (κ1) is 11.6. The van der Waals surface area contributed by atoms with Crippen LogP contribution >= 0.6 is 0 Å². The van der Waals surface area contributed by atoms with Crippen LogP contribution in [0.5, 0.6) is 0 Å². The molecule has 0 amide bonds. The molecule has 2 nitrogen and oxygen atoms in total. The average molecular weight is 218 g/mol. The van der Waals surface area contributed by atoms with E-state index < -0.39 is 0 Å². The highest BCUT2D eigenvalue weighted by atomic mass is 14.8. The summed E-state index contributed by atoms with van der Waals surface area (Å²) in [6, 6.07) is 4.15. The topological polar surface area (TPSA) is 24.9 Å². The van der Waals surface area contributed by atoms with Gasteiger partial charge in [0.25, 0.3) is 0 Å². The molecule has 0 bridgehead atoms. The van der Waals surface area contributed by atoms with Crippen molar-refractivity contribution in [2.75, 3.05) is 13.1 Å². The lowest BCUT2D eigenvalue weighted by Gasteiger charge is -2.09. The molecule has 1 aromatic heterocycles. The van der Waals surface area contributed by atoms with Gasteiger partial charge in [-0.3, -0.25) is 4.98 Å². The van der Waals surface area contributed by atoms with Crippen molar-refractivity contribution in [3.63, 3.8) is 0 Å². The number of rotatable bonds is 6. The molecule has 88 valence electrons. The molecular weight excluding hydrogens is 196 g/mol. The number of hydrogen-bond acceptors (Lipinski definition) is 2. The van der Waals surface area contributed by atoms with Crippen LogP contribution in [0.1, 0.15) is 37.7 Å². The standard InChI is InChI=1S/C14H22N2/c1-2-5-13(4-1)7-10-15-11-8-14-6-3-9-16-12-14/h3,6,9,12-13,15H,1-2,4-5,7-8,10-11H2. The molecular formula is C14H22N2. The van der Waals surface area contributed by atoms with Gasteiger partial charge in [0, 0.05) is 12.4 Å². The maximum atomic E-state index is 4.12. The van der Waals surface area contributed by atoms with Crippen LogP contribution in [-0.2, 0) is 6.42 Å². The van der Waals surface area contributed by atoms with Gasteiger partial charge in [-0.25, -0.2) is 0 Å². The van der Waals surface area contributed by atoms with Crippen molar-refractivity contribution in [1.82, 2.24) is 10.3 Å². The van der Waals surface area contributed by atoms with E-state index in [0.717, 1.165) is 18.9 Å². The predicted octanol–water partition coefficient (Wildman–Crippen LogP) is 2.79. The first-order valence-electron chi connectivity index (χ1n) is 6.55. The maximum Gasteiger partial charge on any atom is 0.0300 e. The van der Waals surface area contributed by atoms with Gasteiger partial charge in [-0.2, -0.15) is 0 Å². The van der Waals surface area contributed by atoms with E-state index in [0.29, 0.717) is 0 Å². The molecule has 2 rings (SSSR count). The van der Waals surface area contributed by atoms with Gasteiger partial charge in [0.2, 0.25) is 0 Å². The van der Waals surface area contributed by atoms with E-state index in [4.69, 9.17) is 0 Å². The third kappa shape index (κ3) is 3.93. The molecule has 1 N–H and O–H groups in total. The summed E-state index contributed by atoms with van der Waals surface area (Å²) >= 11 is 0. The number of nitrogens with zero attached hydrogens (tertiary/aromatic N) is 1. The summed E-state index contributed by atoms with van der Waals surface area (Å²) in [5.74, 6) is 1.01. The minimum absolute atomic E-state index is 1.01. The Morgan fingerprint density at radius 3 is 2.88 bits per heavy atom. The molecule has 1 aromatic rings. The summed E-state index contributed by atoms with van der Waals surface area (Å²) in [7, 11) is 0. The van der Waals surface area contributed by atoms with E-state index in [1.165, 1.54) is 44.2 Å². The molecule has 1 heterocycles. The monoisotopic (exact) mass is 218 g/mol. The van der Waals surface area contributed by atoms with Gasteiger partial charge in [-0.05, 0) is 43.5 Å². The second kappa shape index (κ2) is 6.64. The third-order valence-corrected chi connectivity index (χ3v) is 3.52. The molecule has 0 radical (unpaired) electrons. The quantitative estimate of drug-likeness (QED) is 0.743. The van der Waals surface area contributed by atoms with E-state index in [2.05, 4.69) is 16.4 Å². The van der Waals surface area contributed by atoms with Crippen LogP contribution in [-0.4, -0.2) is 18.1 Å². The molecule has 1 aliphatic rings. The van der Waals surface area contributed by atoms with Gasteiger partial charge in [-0.1, -0.05) is 31.7 Å². The van der Waals surface area contributed by atoms with Crippen LogP contribution in [0.15, 0.2) is 24.5 Å². The van der Waals surface area contributed by atoms with Crippen molar-refractivity contribution in [1.29, 1.82) is 0 Å². The van der Waals surface area contributed by atoms with E-state index >= 15 is 0 Å². The van der Waals surface area contributed by atoms with Gasteiger partial charge in [0.05, 0.1) is 0 Å². The molecule has 1 fully saturated rings.